The maximum absolute atomic E-state index is 8.90. The van der Waals surface area contributed by atoms with Crippen LogP contribution >= 0.6 is 0 Å². The van der Waals surface area contributed by atoms with Gasteiger partial charge in [-0.05, 0) is 13.8 Å². The molecular formula is C10H12N2O2. The van der Waals surface area contributed by atoms with Crippen molar-refractivity contribution in [1.29, 1.82) is 5.26 Å². The summed E-state index contributed by atoms with van der Waals surface area (Å²) in [5.74, 6) is 0.856. The Bertz CT molecular complexity index is 320. The molecule has 1 heterocycles. The van der Waals surface area contributed by atoms with E-state index in [1.165, 1.54) is 0 Å². The zero-order valence-corrected chi connectivity index (χ0v) is 8.28. The van der Waals surface area contributed by atoms with Crippen LogP contribution in [0.2, 0.25) is 0 Å². The third kappa shape index (κ3) is 2.13. The zero-order valence-electron chi connectivity index (χ0n) is 8.28. The first kappa shape index (κ1) is 10.3. The molecule has 0 spiro atoms. The molecule has 0 bridgehead atoms. The third-order valence-electron chi connectivity index (χ3n) is 1.57. The lowest BCUT2D eigenvalue weighted by atomic mass is 10.2. The average Bonchev–Trinajstić information content (AvgIpc) is 2.19. The lowest BCUT2D eigenvalue weighted by molar-refractivity contribution is 0.312. The zero-order chi connectivity index (χ0) is 10.4. The predicted octanol–water partition coefficient (Wildman–Crippen LogP) is 1.75. The molecule has 1 aromatic rings. The van der Waals surface area contributed by atoms with Crippen molar-refractivity contribution in [3.8, 4) is 17.7 Å². The number of hydrogen-bond acceptors (Lipinski definition) is 4. The Labute approximate surface area is 83.1 Å². The molecule has 0 atom stereocenters. The highest BCUT2D eigenvalue weighted by Gasteiger charge is 2.10. The van der Waals surface area contributed by atoms with Crippen molar-refractivity contribution in [1.82, 2.24) is 4.98 Å². The molecule has 0 aromatic carbocycles. The Morgan fingerprint density at radius 2 is 2.07 bits per heavy atom. The maximum Gasteiger partial charge on any atom is 0.235 e. The fraction of sp³-hybridized carbons (Fsp3) is 0.400. The van der Waals surface area contributed by atoms with Crippen LogP contribution in [0.5, 0.6) is 11.6 Å². The monoisotopic (exact) mass is 192 g/mol. The van der Waals surface area contributed by atoms with Gasteiger partial charge in [-0.15, -0.1) is 0 Å². The number of rotatable bonds is 4. The first-order valence-corrected chi connectivity index (χ1v) is 4.48. The van der Waals surface area contributed by atoms with Crippen LogP contribution in [0.1, 0.15) is 19.4 Å². The number of hydrogen-bond donors (Lipinski definition) is 0. The largest absolute Gasteiger partial charge is 0.492 e. The van der Waals surface area contributed by atoms with Crippen molar-refractivity contribution in [2.75, 3.05) is 13.2 Å². The highest BCUT2D eigenvalue weighted by atomic mass is 16.5. The smallest absolute Gasteiger partial charge is 0.235 e. The molecule has 0 fully saturated rings. The maximum atomic E-state index is 8.90. The van der Waals surface area contributed by atoms with Gasteiger partial charge in [-0.2, -0.15) is 5.26 Å². The first-order chi connectivity index (χ1) is 6.83. The second-order valence-electron chi connectivity index (χ2n) is 2.47. The fourth-order valence-electron chi connectivity index (χ4n) is 1.05. The van der Waals surface area contributed by atoms with Gasteiger partial charge in [0.05, 0.1) is 13.2 Å². The van der Waals surface area contributed by atoms with Crippen LogP contribution in [-0.2, 0) is 0 Å². The lowest BCUT2D eigenvalue weighted by Gasteiger charge is -2.08. The molecule has 0 saturated heterocycles. The van der Waals surface area contributed by atoms with E-state index in [4.69, 9.17) is 14.7 Å². The summed E-state index contributed by atoms with van der Waals surface area (Å²) < 4.78 is 10.5. The van der Waals surface area contributed by atoms with Crippen LogP contribution in [0.3, 0.4) is 0 Å². The molecule has 4 nitrogen and oxygen atoms in total. The Balaban J connectivity index is 3.06. The average molecular weight is 192 g/mol. The van der Waals surface area contributed by atoms with Crippen molar-refractivity contribution in [2.45, 2.75) is 13.8 Å². The van der Waals surface area contributed by atoms with Crippen LogP contribution in [0.4, 0.5) is 0 Å². The van der Waals surface area contributed by atoms with Gasteiger partial charge in [-0.3, -0.25) is 0 Å². The van der Waals surface area contributed by atoms with Crippen LogP contribution in [0.15, 0.2) is 12.3 Å². The third-order valence-corrected chi connectivity index (χ3v) is 1.57. The summed E-state index contributed by atoms with van der Waals surface area (Å²) in [7, 11) is 0. The normalized spacial score (nSPS) is 9.21. The van der Waals surface area contributed by atoms with Gasteiger partial charge >= 0.3 is 0 Å². The van der Waals surface area contributed by atoms with E-state index in [0.29, 0.717) is 30.4 Å². The molecule has 4 heteroatoms. The lowest BCUT2D eigenvalue weighted by Crippen LogP contribution is -2.01. The fourth-order valence-corrected chi connectivity index (χ4v) is 1.05. The molecule has 1 rings (SSSR count). The van der Waals surface area contributed by atoms with Gasteiger partial charge < -0.3 is 9.47 Å². The second-order valence-corrected chi connectivity index (χ2v) is 2.47. The summed E-state index contributed by atoms with van der Waals surface area (Å²) in [4.78, 5) is 3.96. The number of nitrogens with zero attached hydrogens (tertiary/aromatic N) is 2. The Morgan fingerprint density at radius 3 is 2.64 bits per heavy atom. The summed E-state index contributed by atoms with van der Waals surface area (Å²) in [6.07, 6.45) is 1.57. The topological polar surface area (TPSA) is 55.1 Å². The molecule has 0 unspecified atom stereocenters. The van der Waals surface area contributed by atoms with Gasteiger partial charge in [-0.25, -0.2) is 4.98 Å². The van der Waals surface area contributed by atoms with Crippen LogP contribution < -0.4 is 9.47 Å². The summed E-state index contributed by atoms with van der Waals surface area (Å²) in [6.45, 7) is 4.71. The van der Waals surface area contributed by atoms with E-state index in [1.807, 2.05) is 19.9 Å². The number of ether oxygens (including phenoxy) is 2. The van der Waals surface area contributed by atoms with E-state index < -0.39 is 0 Å². The van der Waals surface area contributed by atoms with E-state index in [1.54, 1.807) is 12.3 Å². The van der Waals surface area contributed by atoms with E-state index in [9.17, 15) is 0 Å². The van der Waals surface area contributed by atoms with E-state index in [0.717, 1.165) is 0 Å². The minimum atomic E-state index is 0.334. The van der Waals surface area contributed by atoms with Crippen molar-refractivity contribution in [2.24, 2.45) is 0 Å². The van der Waals surface area contributed by atoms with Gasteiger partial charge in [0, 0.05) is 12.3 Å². The van der Waals surface area contributed by atoms with Crippen LogP contribution in [0, 0.1) is 11.3 Å². The number of pyridine rings is 1. The highest BCUT2D eigenvalue weighted by Crippen LogP contribution is 2.24. The Hall–Kier alpha value is -1.76. The molecule has 0 aliphatic carbocycles. The van der Waals surface area contributed by atoms with Gasteiger partial charge in [0.2, 0.25) is 5.88 Å². The second kappa shape index (κ2) is 5.07. The summed E-state index contributed by atoms with van der Waals surface area (Å²) in [6, 6.07) is 3.68. The van der Waals surface area contributed by atoms with Gasteiger partial charge in [0.15, 0.2) is 5.56 Å². The molecule has 0 aliphatic rings. The summed E-state index contributed by atoms with van der Waals surface area (Å²) in [5.41, 5.74) is 0.358. The van der Waals surface area contributed by atoms with Gasteiger partial charge in [0.1, 0.15) is 11.8 Å². The van der Waals surface area contributed by atoms with Gasteiger partial charge in [0.25, 0.3) is 0 Å². The van der Waals surface area contributed by atoms with E-state index in [-0.39, 0.29) is 0 Å². The molecule has 0 amide bonds. The molecular weight excluding hydrogens is 180 g/mol. The predicted molar refractivity (Wildman–Crippen MR) is 51.3 cm³/mol. The van der Waals surface area contributed by atoms with Gasteiger partial charge in [-0.1, -0.05) is 0 Å². The molecule has 0 N–H and O–H groups in total. The van der Waals surface area contributed by atoms with Crippen LogP contribution in [0.25, 0.3) is 0 Å². The quantitative estimate of drug-likeness (QED) is 0.729. The highest BCUT2D eigenvalue weighted by molar-refractivity contribution is 5.48. The minimum Gasteiger partial charge on any atom is -0.492 e. The van der Waals surface area contributed by atoms with Crippen molar-refractivity contribution in [3.63, 3.8) is 0 Å². The SMILES string of the molecule is CCOc1ccnc(OCC)c1C#N. The molecule has 74 valence electrons. The standard InChI is InChI=1S/C10H12N2O2/c1-3-13-9-5-6-12-10(14-4-2)8(9)7-11/h5-6H,3-4H2,1-2H3. The number of nitriles is 1. The number of aromatic nitrogens is 1. The summed E-state index contributed by atoms with van der Waals surface area (Å²) in [5, 5.41) is 8.90. The molecule has 0 radical (unpaired) electrons. The Kier molecular flexibility index (Phi) is 3.74. The minimum absolute atomic E-state index is 0.334. The first-order valence-electron chi connectivity index (χ1n) is 4.48. The van der Waals surface area contributed by atoms with E-state index in [2.05, 4.69) is 4.98 Å². The molecule has 1 aromatic heterocycles. The van der Waals surface area contributed by atoms with Crippen molar-refractivity contribution < 1.29 is 9.47 Å². The van der Waals surface area contributed by atoms with Crippen molar-refractivity contribution in [3.05, 3.63) is 17.8 Å². The summed E-state index contributed by atoms with van der Waals surface area (Å²) >= 11 is 0. The van der Waals surface area contributed by atoms with Crippen molar-refractivity contribution >= 4 is 0 Å². The van der Waals surface area contributed by atoms with E-state index >= 15 is 0 Å². The van der Waals surface area contributed by atoms with Crippen LogP contribution in [-0.4, -0.2) is 18.2 Å². The molecule has 14 heavy (non-hydrogen) atoms. The Morgan fingerprint density at radius 1 is 1.36 bits per heavy atom. The molecule has 0 aliphatic heterocycles. The molecule has 0 saturated carbocycles.